The van der Waals surface area contributed by atoms with Gasteiger partial charge in [-0.25, -0.2) is 4.98 Å². The first-order valence-electron chi connectivity index (χ1n) is 4.98. The van der Waals surface area contributed by atoms with Crippen LogP contribution in [0, 0.1) is 0 Å². The van der Waals surface area contributed by atoms with Crippen molar-refractivity contribution < 1.29 is 4.74 Å². The summed E-state index contributed by atoms with van der Waals surface area (Å²) in [6.45, 7) is 5.80. The van der Waals surface area contributed by atoms with Crippen LogP contribution < -0.4 is 4.74 Å². The van der Waals surface area contributed by atoms with Gasteiger partial charge in [0.25, 0.3) is 5.19 Å². The lowest BCUT2D eigenvalue weighted by Crippen LogP contribution is -2.10. The van der Waals surface area contributed by atoms with Crippen LogP contribution in [0.3, 0.4) is 0 Å². The molecule has 2 aromatic rings. The highest BCUT2D eigenvalue weighted by Gasteiger charge is 2.07. The normalized spacial score (nSPS) is 12.6. The number of hydrogen-bond donors (Lipinski definition) is 0. The number of rotatable bonds is 4. The molecule has 0 aliphatic heterocycles. The molecular weight excluding hydrogens is 206 g/mol. The lowest BCUT2D eigenvalue weighted by atomic mass is 10.3. The third kappa shape index (κ3) is 2.18. The molecule has 0 amide bonds. The molecule has 0 unspecified atom stereocenters. The number of ether oxygens (including phenoxy) is 1. The fourth-order valence-corrected chi connectivity index (χ4v) is 2.20. The average molecular weight is 219 g/mol. The number of fused-ring (bicyclic) bond motifs is 1. The Morgan fingerprint density at radius 3 is 3.00 bits per heavy atom. The molecule has 2 rings (SSSR count). The van der Waals surface area contributed by atoms with E-state index in [1.54, 1.807) is 11.3 Å². The smallest absolute Gasteiger partial charge is 0.274 e. The quantitative estimate of drug-likeness (QED) is 0.732. The summed E-state index contributed by atoms with van der Waals surface area (Å²) < 4.78 is 6.85. The van der Waals surface area contributed by atoms with Crippen molar-refractivity contribution in [1.82, 2.24) is 4.98 Å². The summed E-state index contributed by atoms with van der Waals surface area (Å²) in [5.74, 6) is 0. The van der Waals surface area contributed by atoms with Gasteiger partial charge in [-0.1, -0.05) is 43.0 Å². The highest BCUT2D eigenvalue weighted by atomic mass is 32.1. The third-order valence-electron chi connectivity index (χ3n) is 2.19. The van der Waals surface area contributed by atoms with E-state index in [-0.39, 0.29) is 6.10 Å². The Hall–Kier alpha value is -1.35. The molecule has 0 bridgehead atoms. The Bertz CT molecular complexity index is 430. The van der Waals surface area contributed by atoms with E-state index >= 15 is 0 Å². The fourth-order valence-electron chi connectivity index (χ4n) is 1.33. The first-order chi connectivity index (χ1) is 7.33. The van der Waals surface area contributed by atoms with E-state index in [1.807, 2.05) is 24.3 Å². The molecule has 15 heavy (non-hydrogen) atoms. The van der Waals surface area contributed by atoms with Gasteiger partial charge < -0.3 is 4.74 Å². The molecule has 0 fully saturated rings. The van der Waals surface area contributed by atoms with Crippen molar-refractivity contribution in [2.45, 2.75) is 19.4 Å². The van der Waals surface area contributed by atoms with Gasteiger partial charge in [-0.2, -0.15) is 0 Å². The molecule has 0 N–H and O–H groups in total. The number of thiazole rings is 1. The topological polar surface area (TPSA) is 22.1 Å². The second-order valence-electron chi connectivity index (χ2n) is 3.25. The molecule has 78 valence electrons. The van der Waals surface area contributed by atoms with Gasteiger partial charge in [-0.3, -0.25) is 0 Å². The van der Waals surface area contributed by atoms with Gasteiger partial charge in [0.1, 0.15) is 6.10 Å². The first-order valence-corrected chi connectivity index (χ1v) is 5.80. The van der Waals surface area contributed by atoms with Crippen molar-refractivity contribution in [3.63, 3.8) is 0 Å². The minimum absolute atomic E-state index is 0.0607. The fraction of sp³-hybridized carbons (Fsp3) is 0.250. The van der Waals surface area contributed by atoms with Crippen LogP contribution in [0.15, 0.2) is 36.9 Å². The molecule has 0 saturated heterocycles. The molecule has 1 heterocycles. The van der Waals surface area contributed by atoms with Gasteiger partial charge in [0.15, 0.2) is 0 Å². The zero-order chi connectivity index (χ0) is 10.7. The Morgan fingerprint density at radius 2 is 2.33 bits per heavy atom. The second-order valence-corrected chi connectivity index (χ2v) is 4.24. The minimum atomic E-state index is 0.0607. The summed E-state index contributed by atoms with van der Waals surface area (Å²) in [5, 5.41) is 0.725. The van der Waals surface area contributed by atoms with Crippen LogP contribution in [0.25, 0.3) is 10.2 Å². The van der Waals surface area contributed by atoms with Gasteiger partial charge in [0.05, 0.1) is 10.2 Å². The first kappa shape index (κ1) is 10.2. The molecule has 0 aliphatic rings. The van der Waals surface area contributed by atoms with Crippen LogP contribution >= 0.6 is 11.3 Å². The minimum Gasteiger partial charge on any atom is -0.462 e. The van der Waals surface area contributed by atoms with Gasteiger partial charge in [0, 0.05) is 0 Å². The monoisotopic (exact) mass is 219 g/mol. The SMILES string of the molecule is C=C[C@H](CC)Oc1nc2ccccc2s1. The molecule has 0 saturated carbocycles. The molecule has 1 atom stereocenters. The van der Waals surface area contributed by atoms with Crippen LogP contribution in [-0.2, 0) is 0 Å². The molecule has 0 spiro atoms. The average Bonchev–Trinajstić information content (AvgIpc) is 2.68. The Morgan fingerprint density at radius 1 is 1.53 bits per heavy atom. The number of nitrogens with zero attached hydrogens (tertiary/aromatic N) is 1. The van der Waals surface area contributed by atoms with Crippen LogP contribution in [0.1, 0.15) is 13.3 Å². The predicted octanol–water partition coefficient (Wildman–Crippen LogP) is 3.64. The van der Waals surface area contributed by atoms with Crippen molar-refractivity contribution in [3.8, 4) is 5.19 Å². The third-order valence-corrected chi connectivity index (χ3v) is 3.12. The van der Waals surface area contributed by atoms with Crippen molar-refractivity contribution in [3.05, 3.63) is 36.9 Å². The van der Waals surface area contributed by atoms with E-state index in [0.717, 1.165) is 21.8 Å². The Balaban J connectivity index is 2.25. The van der Waals surface area contributed by atoms with Gasteiger partial charge in [-0.15, -0.1) is 0 Å². The van der Waals surface area contributed by atoms with E-state index in [4.69, 9.17) is 4.74 Å². The van der Waals surface area contributed by atoms with E-state index in [0.29, 0.717) is 0 Å². The van der Waals surface area contributed by atoms with E-state index in [9.17, 15) is 0 Å². The number of para-hydroxylation sites is 1. The summed E-state index contributed by atoms with van der Waals surface area (Å²) in [5.41, 5.74) is 0.997. The molecule has 3 heteroatoms. The van der Waals surface area contributed by atoms with Crippen molar-refractivity contribution in [2.24, 2.45) is 0 Å². The standard InChI is InChI=1S/C12H13NOS/c1-3-9(4-2)14-12-13-10-7-5-6-8-11(10)15-12/h3,5-9H,1,4H2,2H3/t9-/m1/s1. The zero-order valence-corrected chi connectivity index (χ0v) is 9.46. The summed E-state index contributed by atoms with van der Waals surface area (Å²) in [4.78, 5) is 4.40. The molecule has 1 aromatic carbocycles. The zero-order valence-electron chi connectivity index (χ0n) is 8.64. The summed E-state index contributed by atoms with van der Waals surface area (Å²) in [7, 11) is 0. The Labute approximate surface area is 93.2 Å². The van der Waals surface area contributed by atoms with Crippen molar-refractivity contribution >= 4 is 21.6 Å². The molecule has 0 aliphatic carbocycles. The number of benzene rings is 1. The molecule has 2 nitrogen and oxygen atoms in total. The predicted molar refractivity (Wildman–Crippen MR) is 64.5 cm³/mol. The lowest BCUT2D eigenvalue weighted by molar-refractivity contribution is 0.245. The number of hydrogen-bond acceptors (Lipinski definition) is 3. The number of aromatic nitrogens is 1. The molecule has 1 aromatic heterocycles. The van der Waals surface area contributed by atoms with Crippen LogP contribution in [0.5, 0.6) is 5.19 Å². The summed E-state index contributed by atoms with van der Waals surface area (Å²) >= 11 is 1.58. The van der Waals surface area contributed by atoms with Gasteiger partial charge >= 0.3 is 0 Å². The maximum atomic E-state index is 5.69. The van der Waals surface area contributed by atoms with E-state index < -0.39 is 0 Å². The lowest BCUT2D eigenvalue weighted by Gasteiger charge is -2.09. The molecule has 0 radical (unpaired) electrons. The van der Waals surface area contributed by atoms with Crippen molar-refractivity contribution in [1.29, 1.82) is 0 Å². The van der Waals surface area contributed by atoms with Crippen LogP contribution in [0.2, 0.25) is 0 Å². The molecular formula is C12H13NOS. The highest BCUT2D eigenvalue weighted by Crippen LogP contribution is 2.28. The summed E-state index contributed by atoms with van der Waals surface area (Å²) in [6, 6.07) is 8.04. The second kappa shape index (κ2) is 4.45. The largest absolute Gasteiger partial charge is 0.462 e. The Kier molecular flexibility index (Phi) is 3.02. The van der Waals surface area contributed by atoms with Gasteiger partial charge in [-0.05, 0) is 18.6 Å². The van der Waals surface area contributed by atoms with Crippen LogP contribution in [0.4, 0.5) is 0 Å². The van der Waals surface area contributed by atoms with E-state index in [1.165, 1.54) is 0 Å². The van der Waals surface area contributed by atoms with Gasteiger partial charge in [0.2, 0.25) is 0 Å². The summed E-state index contributed by atoms with van der Waals surface area (Å²) in [6.07, 6.45) is 2.79. The maximum Gasteiger partial charge on any atom is 0.274 e. The highest BCUT2D eigenvalue weighted by molar-refractivity contribution is 7.20. The van der Waals surface area contributed by atoms with Crippen LogP contribution in [-0.4, -0.2) is 11.1 Å². The van der Waals surface area contributed by atoms with E-state index in [2.05, 4.69) is 24.6 Å². The maximum absolute atomic E-state index is 5.69. The van der Waals surface area contributed by atoms with Crippen molar-refractivity contribution in [2.75, 3.05) is 0 Å².